The lowest BCUT2D eigenvalue weighted by molar-refractivity contribution is -0.142. The van der Waals surface area contributed by atoms with Crippen molar-refractivity contribution in [2.75, 3.05) is 13.1 Å². The number of piperazine rings is 1. The molecule has 0 aliphatic carbocycles. The molecular formula is C19H15Cl2F6N5O2. The number of halogens is 8. The van der Waals surface area contributed by atoms with Crippen molar-refractivity contribution < 1.29 is 35.9 Å². The number of rotatable bonds is 3. The predicted molar refractivity (Wildman–Crippen MR) is 108 cm³/mol. The molecule has 0 saturated carbocycles. The van der Waals surface area contributed by atoms with Gasteiger partial charge in [0.25, 0.3) is 0 Å². The number of pyridine rings is 2. The van der Waals surface area contributed by atoms with Crippen LogP contribution in [0.4, 0.5) is 31.1 Å². The smallest absolute Gasteiger partial charge is 0.353 e. The number of alkyl halides is 6. The lowest BCUT2D eigenvalue weighted by Gasteiger charge is -2.34. The first-order valence-electron chi connectivity index (χ1n) is 9.51. The number of carbonyl (C=O) groups is 2. The van der Waals surface area contributed by atoms with Gasteiger partial charge < -0.3 is 15.5 Å². The van der Waals surface area contributed by atoms with Crippen LogP contribution in [-0.2, 0) is 17.1 Å². The van der Waals surface area contributed by atoms with Gasteiger partial charge in [0.2, 0.25) is 5.91 Å². The van der Waals surface area contributed by atoms with Crippen molar-refractivity contribution in [1.82, 2.24) is 25.5 Å². The zero-order valence-corrected chi connectivity index (χ0v) is 18.6. The number of nitrogens with one attached hydrogen (secondary N) is 2. The van der Waals surface area contributed by atoms with Crippen LogP contribution in [0, 0.1) is 0 Å². The lowest BCUT2D eigenvalue weighted by Crippen LogP contribution is -2.58. The Balaban J connectivity index is 2.07. The van der Waals surface area contributed by atoms with Crippen molar-refractivity contribution in [2.24, 2.45) is 0 Å². The molecule has 1 unspecified atom stereocenters. The van der Waals surface area contributed by atoms with Gasteiger partial charge in [0.1, 0.15) is 6.04 Å². The van der Waals surface area contributed by atoms with Gasteiger partial charge in [-0.1, -0.05) is 23.2 Å². The Bertz CT molecular complexity index is 1110. The van der Waals surface area contributed by atoms with Crippen LogP contribution >= 0.6 is 23.2 Å². The van der Waals surface area contributed by atoms with Gasteiger partial charge in [-0.2, -0.15) is 26.3 Å². The quantitative estimate of drug-likeness (QED) is 0.575. The minimum atomic E-state index is -4.95. The Kier molecular flexibility index (Phi) is 7.18. The van der Waals surface area contributed by atoms with Crippen molar-refractivity contribution in [3.05, 3.63) is 57.1 Å². The van der Waals surface area contributed by atoms with Crippen molar-refractivity contribution in [3.63, 3.8) is 0 Å². The molecule has 1 fully saturated rings. The molecule has 0 radical (unpaired) electrons. The molecule has 0 bridgehead atoms. The van der Waals surface area contributed by atoms with E-state index in [4.69, 9.17) is 23.2 Å². The second-order valence-electron chi connectivity index (χ2n) is 7.20. The number of carbonyl (C=O) groups excluding carboxylic acids is 2. The minimum absolute atomic E-state index is 0.0827. The highest BCUT2D eigenvalue weighted by atomic mass is 35.5. The highest BCUT2D eigenvalue weighted by Gasteiger charge is 2.38. The van der Waals surface area contributed by atoms with Crippen LogP contribution < -0.4 is 10.6 Å². The maximum atomic E-state index is 13.3. The molecular weight excluding hydrogens is 515 g/mol. The number of hydrogen-bond donors (Lipinski definition) is 2. The largest absolute Gasteiger partial charge is 0.434 e. The normalized spacial score (nSPS) is 17.9. The summed E-state index contributed by atoms with van der Waals surface area (Å²) in [7, 11) is 0. The predicted octanol–water partition coefficient (Wildman–Crippen LogP) is 4.44. The maximum Gasteiger partial charge on any atom is 0.434 e. The third kappa shape index (κ3) is 5.46. The van der Waals surface area contributed by atoms with Crippen LogP contribution in [0.15, 0.2) is 24.4 Å². The van der Waals surface area contributed by atoms with Gasteiger partial charge >= 0.3 is 18.4 Å². The standard InChI is InChI=1S/C19H15Cl2F6N5O2/c1-8-16(33)28-4-5-32(8)17(34)31-13(9-6-11(21)14(29-7-9)18(22,23)24)12-3-2-10(20)15(30-12)19(25,26)27/h2-3,6-8,13H,4-5H2,1H3,(H,28,33)(H,31,34)/t8-,13?/m1/s1. The Morgan fingerprint density at radius 1 is 1.15 bits per heavy atom. The molecule has 2 aromatic rings. The second kappa shape index (κ2) is 9.45. The zero-order chi connectivity index (χ0) is 25.4. The summed E-state index contributed by atoms with van der Waals surface area (Å²) in [6.07, 6.45) is -9.11. The van der Waals surface area contributed by atoms with Crippen LogP contribution in [0.1, 0.15) is 35.6 Å². The van der Waals surface area contributed by atoms with Crippen LogP contribution in [0.2, 0.25) is 10.0 Å². The van der Waals surface area contributed by atoms with E-state index in [9.17, 15) is 35.9 Å². The molecule has 3 amide bonds. The zero-order valence-electron chi connectivity index (χ0n) is 17.1. The summed E-state index contributed by atoms with van der Waals surface area (Å²) in [6, 6.07) is -0.503. The molecule has 15 heteroatoms. The molecule has 34 heavy (non-hydrogen) atoms. The first-order valence-corrected chi connectivity index (χ1v) is 10.3. The van der Waals surface area contributed by atoms with E-state index in [0.717, 1.165) is 29.3 Å². The highest BCUT2D eigenvalue weighted by Crippen LogP contribution is 2.37. The van der Waals surface area contributed by atoms with Crippen LogP contribution in [0.25, 0.3) is 0 Å². The topological polar surface area (TPSA) is 87.2 Å². The Labute approximate surface area is 198 Å². The summed E-state index contributed by atoms with van der Waals surface area (Å²) >= 11 is 11.3. The van der Waals surface area contributed by atoms with Crippen molar-refractivity contribution in [2.45, 2.75) is 31.4 Å². The first-order chi connectivity index (χ1) is 15.7. The van der Waals surface area contributed by atoms with Crippen LogP contribution in [0.3, 0.4) is 0 Å². The summed E-state index contributed by atoms with van der Waals surface area (Å²) in [5.41, 5.74) is -3.44. The van der Waals surface area contributed by atoms with E-state index in [2.05, 4.69) is 20.6 Å². The number of nitrogens with zero attached hydrogens (tertiary/aromatic N) is 3. The van der Waals surface area contributed by atoms with Gasteiger partial charge in [0, 0.05) is 24.8 Å². The molecule has 7 nitrogen and oxygen atoms in total. The average Bonchev–Trinajstić information content (AvgIpc) is 2.72. The van der Waals surface area contributed by atoms with Gasteiger partial charge in [-0.15, -0.1) is 0 Å². The van der Waals surface area contributed by atoms with E-state index >= 15 is 0 Å². The molecule has 184 valence electrons. The van der Waals surface area contributed by atoms with Crippen molar-refractivity contribution in [1.29, 1.82) is 0 Å². The molecule has 1 aliphatic rings. The summed E-state index contributed by atoms with van der Waals surface area (Å²) in [6.45, 7) is 1.65. The average molecular weight is 530 g/mol. The fourth-order valence-corrected chi connectivity index (χ4v) is 3.72. The van der Waals surface area contributed by atoms with Gasteiger partial charge in [0.15, 0.2) is 11.4 Å². The summed E-state index contributed by atoms with van der Waals surface area (Å²) < 4.78 is 79.2. The molecule has 3 heterocycles. The fraction of sp³-hybridized carbons (Fsp3) is 0.368. The van der Waals surface area contributed by atoms with Crippen molar-refractivity contribution >= 4 is 35.1 Å². The molecule has 0 spiro atoms. The van der Waals surface area contributed by atoms with Gasteiger partial charge in [-0.05, 0) is 25.1 Å². The highest BCUT2D eigenvalue weighted by molar-refractivity contribution is 6.31. The van der Waals surface area contributed by atoms with E-state index in [-0.39, 0.29) is 18.7 Å². The molecule has 0 aromatic carbocycles. The molecule has 2 aromatic heterocycles. The summed E-state index contributed by atoms with van der Waals surface area (Å²) in [4.78, 5) is 32.7. The Morgan fingerprint density at radius 2 is 1.79 bits per heavy atom. The van der Waals surface area contributed by atoms with E-state index < -0.39 is 63.5 Å². The summed E-state index contributed by atoms with van der Waals surface area (Å²) in [5, 5.41) is 3.40. The number of hydrogen-bond acceptors (Lipinski definition) is 4. The molecule has 2 N–H and O–H groups in total. The minimum Gasteiger partial charge on any atom is -0.353 e. The second-order valence-corrected chi connectivity index (χ2v) is 8.02. The van der Waals surface area contributed by atoms with E-state index in [1.165, 1.54) is 6.92 Å². The molecule has 3 rings (SSSR count). The number of amides is 3. The van der Waals surface area contributed by atoms with Crippen LogP contribution in [0.5, 0.6) is 0 Å². The third-order valence-corrected chi connectivity index (χ3v) is 5.52. The van der Waals surface area contributed by atoms with Crippen LogP contribution in [-0.4, -0.2) is 45.9 Å². The Hall–Kier alpha value is -2.80. The molecule has 1 saturated heterocycles. The number of aromatic nitrogens is 2. The van der Waals surface area contributed by atoms with Crippen molar-refractivity contribution in [3.8, 4) is 0 Å². The van der Waals surface area contributed by atoms with Gasteiger partial charge in [-0.25, -0.2) is 14.8 Å². The summed E-state index contributed by atoms with van der Waals surface area (Å²) in [5.74, 6) is -0.457. The molecule has 2 atom stereocenters. The number of urea groups is 1. The SMILES string of the molecule is C[C@@H]1C(=O)NCCN1C(=O)NC(c1cnc(C(F)(F)F)c(Cl)c1)c1ccc(Cl)c(C(F)(F)F)n1. The van der Waals surface area contributed by atoms with E-state index in [0.29, 0.717) is 0 Å². The fourth-order valence-electron chi connectivity index (χ4n) is 3.23. The van der Waals surface area contributed by atoms with E-state index in [1.807, 2.05) is 0 Å². The van der Waals surface area contributed by atoms with E-state index in [1.54, 1.807) is 0 Å². The monoisotopic (exact) mass is 529 g/mol. The Morgan fingerprint density at radius 3 is 2.38 bits per heavy atom. The molecule has 1 aliphatic heterocycles. The van der Waals surface area contributed by atoms with Gasteiger partial charge in [-0.3, -0.25) is 4.79 Å². The van der Waals surface area contributed by atoms with Gasteiger partial charge in [0.05, 0.1) is 21.8 Å². The third-order valence-electron chi connectivity index (χ3n) is 4.92. The first kappa shape index (κ1) is 25.8. The lowest BCUT2D eigenvalue weighted by atomic mass is 10.0. The maximum absolute atomic E-state index is 13.3.